The van der Waals surface area contributed by atoms with E-state index >= 15 is 0 Å². The van der Waals surface area contributed by atoms with Gasteiger partial charge in [-0.2, -0.15) is 0 Å². The number of benzene rings is 2. The van der Waals surface area contributed by atoms with Gasteiger partial charge in [-0.05, 0) is 31.5 Å². The molecule has 2 fully saturated rings. The molecule has 3 heterocycles. The Balaban J connectivity index is 1.63. The van der Waals surface area contributed by atoms with Crippen molar-refractivity contribution in [2.45, 2.75) is 38.1 Å². The summed E-state index contributed by atoms with van der Waals surface area (Å²) in [5.74, 6) is -2.63. The van der Waals surface area contributed by atoms with Gasteiger partial charge in [-0.25, -0.2) is 0 Å². The van der Waals surface area contributed by atoms with Crippen LogP contribution in [0.1, 0.15) is 23.6 Å². The molecule has 0 saturated carbocycles. The molecule has 0 unspecified atom stereocenters. The molecule has 5 atom stereocenters. The number of carbonyl (C=O) groups excluding carboxylic acids is 3. The molecule has 3 aliphatic heterocycles. The van der Waals surface area contributed by atoms with Gasteiger partial charge in [0, 0.05) is 22.2 Å². The Labute approximate surface area is 195 Å². The second-order valence-electron chi connectivity index (χ2n) is 8.85. The predicted molar refractivity (Wildman–Crippen MR) is 121 cm³/mol. The van der Waals surface area contributed by atoms with Gasteiger partial charge in [-0.3, -0.25) is 24.6 Å². The number of likely N-dealkylation sites (tertiary alicyclic amines) is 1. The lowest BCUT2D eigenvalue weighted by atomic mass is 9.76. The SMILES string of the molecule is COc1ccccc1CN1C(=O)[C@@H]2[C@@H]([C@H](C)O)N[C@@]3(C(=O)Nc4c3ccc(Cl)c4C)[C@@H]2C1=O. The molecule has 33 heavy (non-hydrogen) atoms. The Morgan fingerprint density at radius 2 is 1.91 bits per heavy atom. The number of nitrogens with zero attached hydrogens (tertiary/aromatic N) is 1. The average Bonchev–Trinajstić information content (AvgIpc) is 3.38. The summed E-state index contributed by atoms with van der Waals surface area (Å²) in [5, 5.41) is 17.1. The third kappa shape index (κ3) is 2.87. The number of aliphatic hydroxyl groups excluding tert-OH is 1. The van der Waals surface area contributed by atoms with E-state index in [1.807, 2.05) is 0 Å². The van der Waals surface area contributed by atoms with Crippen molar-refractivity contribution >= 4 is 35.0 Å². The number of rotatable bonds is 4. The third-order valence-electron chi connectivity index (χ3n) is 7.15. The molecule has 2 aromatic rings. The molecule has 3 N–H and O–H groups in total. The van der Waals surface area contributed by atoms with E-state index in [-0.39, 0.29) is 6.54 Å². The minimum Gasteiger partial charge on any atom is -0.496 e. The number of nitrogens with one attached hydrogen (secondary N) is 2. The molecule has 2 saturated heterocycles. The number of amides is 3. The summed E-state index contributed by atoms with van der Waals surface area (Å²) >= 11 is 6.27. The van der Waals surface area contributed by atoms with Crippen LogP contribution in [-0.4, -0.2) is 47.0 Å². The Hall–Kier alpha value is -2.94. The molecule has 0 aliphatic carbocycles. The summed E-state index contributed by atoms with van der Waals surface area (Å²) in [5.41, 5.74) is 0.984. The van der Waals surface area contributed by atoms with Crippen molar-refractivity contribution < 1.29 is 24.2 Å². The highest BCUT2D eigenvalue weighted by Gasteiger charge is 2.71. The van der Waals surface area contributed by atoms with Crippen LogP contribution in [0.3, 0.4) is 0 Å². The van der Waals surface area contributed by atoms with E-state index in [2.05, 4.69) is 10.6 Å². The first-order valence-electron chi connectivity index (χ1n) is 10.8. The van der Waals surface area contributed by atoms with Gasteiger partial charge in [0.05, 0.1) is 37.3 Å². The molecule has 8 nitrogen and oxygen atoms in total. The van der Waals surface area contributed by atoms with E-state index in [9.17, 15) is 19.5 Å². The van der Waals surface area contributed by atoms with Gasteiger partial charge in [-0.15, -0.1) is 0 Å². The molecule has 0 radical (unpaired) electrons. The summed E-state index contributed by atoms with van der Waals surface area (Å²) in [6.07, 6.45) is -0.968. The quantitative estimate of drug-likeness (QED) is 0.591. The van der Waals surface area contributed by atoms with Gasteiger partial charge >= 0.3 is 0 Å². The van der Waals surface area contributed by atoms with Crippen LogP contribution in [0.2, 0.25) is 5.02 Å². The Kier molecular flexibility index (Phi) is 5.00. The van der Waals surface area contributed by atoms with Gasteiger partial charge < -0.3 is 15.2 Å². The van der Waals surface area contributed by atoms with Crippen molar-refractivity contribution in [2.24, 2.45) is 11.8 Å². The lowest BCUT2D eigenvalue weighted by molar-refractivity contribution is -0.143. The number of aliphatic hydroxyl groups is 1. The number of para-hydroxylation sites is 1. The molecule has 0 aromatic heterocycles. The smallest absolute Gasteiger partial charge is 0.250 e. The predicted octanol–water partition coefficient (Wildman–Crippen LogP) is 1.96. The number of ether oxygens (including phenoxy) is 1. The van der Waals surface area contributed by atoms with E-state index in [1.165, 1.54) is 12.0 Å². The highest BCUT2D eigenvalue weighted by molar-refractivity contribution is 6.32. The summed E-state index contributed by atoms with van der Waals surface area (Å²) in [7, 11) is 1.52. The number of imide groups is 1. The zero-order valence-corrected chi connectivity index (χ0v) is 19.1. The molecule has 3 amide bonds. The van der Waals surface area contributed by atoms with Gasteiger partial charge in [-0.1, -0.05) is 35.9 Å². The number of anilines is 1. The normalized spacial score (nSPS) is 28.8. The van der Waals surface area contributed by atoms with Crippen LogP contribution < -0.4 is 15.4 Å². The Bertz CT molecular complexity index is 1200. The number of methoxy groups -OCH3 is 1. The second-order valence-corrected chi connectivity index (χ2v) is 9.25. The molecular weight excluding hydrogens is 446 g/mol. The topological polar surface area (TPSA) is 108 Å². The molecule has 5 rings (SSSR count). The molecule has 0 bridgehead atoms. The minimum atomic E-state index is -1.47. The van der Waals surface area contributed by atoms with Crippen molar-refractivity contribution in [1.82, 2.24) is 10.2 Å². The fraction of sp³-hybridized carbons (Fsp3) is 0.375. The van der Waals surface area contributed by atoms with Gasteiger partial charge in [0.2, 0.25) is 17.7 Å². The van der Waals surface area contributed by atoms with E-state index in [1.54, 1.807) is 50.2 Å². The van der Waals surface area contributed by atoms with Crippen molar-refractivity contribution in [2.75, 3.05) is 12.4 Å². The summed E-state index contributed by atoms with van der Waals surface area (Å²) < 4.78 is 5.38. The van der Waals surface area contributed by atoms with E-state index in [0.717, 1.165) is 0 Å². The standard InChI is InChI=1S/C24H24ClN3O5/c1-11-15(25)9-8-14-19(11)26-23(32)24(14)18-17(20(27-24)12(2)29)21(30)28(22(18)31)10-13-6-4-5-7-16(13)33-3/h4-9,12,17-18,20,27,29H,10H2,1-3H3,(H,26,32)/t12-,17-,18-,20+,24+/m0/s1. The molecular formula is C24H24ClN3O5. The lowest BCUT2D eigenvalue weighted by Gasteiger charge is -2.30. The average molecular weight is 470 g/mol. The van der Waals surface area contributed by atoms with Crippen LogP contribution in [-0.2, 0) is 26.5 Å². The van der Waals surface area contributed by atoms with Crippen molar-refractivity contribution in [3.63, 3.8) is 0 Å². The third-order valence-corrected chi connectivity index (χ3v) is 7.56. The van der Waals surface area contributed by atoms with Crippen molar-refractivity contribution in [3.8, 4) is 5.75 Å². The first-order valence-corrected chi connectivity index (χ1v) is 11.1. The number of halogens is 1. The number of carbonyl (C=O) groups is 3. The maximum Gasteiger partial charge on any atom is 0.250 e. The lowest BCUT2D eigenvalue weighted by Crippen LogP contribution is -2.54. The Morgan fingerprint density at radius 1 is 1.18 bits per heavy atom. The fourth-order valence-corrected chi connectivity index (χ4v) is 5.71. The van der Waals surface area contributed by atoms with Crippen LogP contribution in [0.5, 0.6) is 5.75 Å². The molecule has 3 aliphatic rings. The molecule has 9 heteroatoms. The van der Waals surface area contributed by atoms with E-state index in [0.29, 0.717) is 33.1 Å². The number of hydrogen-bond donors (Lipinski definition) is 3. The largest absolute Gasteiger partial charge is 0.496 e. The summed E-state index contributed by atoms with van der Waals surface area (Å²) in [4.78, 5) is 42.0. The van der Waals surface area contributed by atoms with Gasteiger partial charge in [0.1, 0.15) is 11.3 Å². The highest BCUT2D eigenvalue weighted by atomic mass is 35.5. The zero-order valence-electron chi connectivity index (χ0n) is 18.4. The second kappa shape index (κ2) is 7.55. The number of hydrogen-bond acceptors (Lipinski definition) is 6. The van der Waals surface area contributed by atoms with Crippen molar-refractivity contribution in [1.29, 1.82) is 0 Å². The van der Waals surface area contributed by atoms with Gasteiger partial charge in [0.15, 0.2) is 0 Å². The maximum atomic E-state index is 13.8. The molecule has 1 spiro atoms. The van der Waals surface area contributed by atoms with Crippen LogP contribution in [0.15, 0.2) is 36.4 Å². The minimum absolute atomic E-state index is 0.0193. The van der Waals surface area contributed by atoms with Crippen molar-refractivity contribution in [3.05, 3.63) is 58.1 Å². The summed E-state index contributed by atoms with van der Waals surface area (Å²) in [6, 6.07) is 9.77. The first-order chi connectivity index (χ1) is 15.7. The molecule has 172 valence electrons. The van der Waals surface area contributed by atoms with E-state index in [4.69, 9.17) is 16.3 Å². The fourth-order valence-electron chi connectivity index (χ4n) is 5.55. The Morgan fingerprint density at radius 3 is 2.61 bits per heavy atom. The monoisotopic (exact) mass is 469 g/mol. The van der Waals surface area contributed by atoms with Crippen LogP contribution in [0.4, 0.5) is 5.69 Å². The van der Waals surface area contributed by atoms with Gasteiger partial charge in [0.25, 0.3) is 0 Å². The first kappa shape index (κ1) is 21.9. The maximum absolute atomic E-state index is 13.8. The van der Waals surface area contributed by atoms with Crippen LogP contribution in [0.25, 0.3) is 0 Å². The van der Waals surface area contributed by atoms with Crippen LogP contribution in [0, 0.1) is 18.8 Å². The molecule has 2 aromatic carbocycles. The van der Waals surface area contributed by atoms with E-state index < -0.39 is 47.2 Å². The highest BCUT2D eigenvalue weighted by Crippen LogP contribution is 2.54. The summed E-state index contributed by atoms with van der Waals surface area (Å²) in [6.45, 7) is 3.36. The number of fused-ring (bicyclic) bond motifs is 4. The zero-order chi connectivity index (χ0) is 23.7. The van der Waals surface area contributed by atoms with Crippen LogP contribution >= 0.6 is 11.6 Å².